The van der Waals surface area contributed by atoms with E-state index in [2.05, 4.69) is 22.6 Å². The average Bonchev–Trinajstić information content (AvgIpc) is 2.93. The first-order valence-corrected chi connectivity index (χ1v) is 10.7. The molecule has 2 heterocycles. The van der Waals surface area contributed by atoms with Gasteiger partial charge in [0.1, 0.15) is 4.32 Å². The monoisotopic (exact) mass is 465 g/mol. The number of carbonyl (C=O) groups is 1. The van der Waals surface area contributed by atoms with Crippen molar-refractivity contribution in [2.45, 2.75) is 12.5 Å². The normalized spacial score (nSPS) is 26.1. The van der Waals surface area contributed by atoms with Crippen LogP contribution in [0, 0.1) is 3.57 Å². The lowest BCUT2D eigenvalue weighted by Gasteiger charge is -2.20. The predicted molar refractivity (Wildman–Crippen MR) is 101 cm³/mol. The Kier molecular flexibility index (Phi) is 4.64. The summed E-state index contributed by atoms with van der Waals surface area (Å²) >= 11 is 8.74. The van der Waals surface area contributed by atoms with E-state index >= 15 is 0 Å². The molecule has 1 aromatic carbocycles. The Morgan fingerprint density at radius 1 is 1.32 bits per heavy atom. The lowest BCUT2D eigenvalue weighted by Crippen LogP contribution is -2.39. The van der Waals surface area contributed by atoms with Crippen LogP contribution >= 0.6 is 46.6 Å². The van der Waals surface area contributed by atoms with Crippen LogP contribution in [0.15, 0.2) is 29.2 Å². The van der Waals surface area contributed by atoms with E-state index in [1.165, 1.54) is 16.7 Å². The van der Waals surface area contributed by atoms with Crippen molar-refractivity contribution in [3.05, 3.63) is 38.3 Å². The predicted octanol–water partition coefficient (Wildman–Crippen LogP) is 2.68. The number of nitrogens with zero attached hydrogens (tertiary/aromatic N) is 1. The molecular formula is C14H12INO3S3. The van der Waals surface area contributed by atoms with Gasteiger partial charge in [-0.1, -0.05) is 36.1 Å². The Hall–Kier alpha value is -0.450. The molecule has 0 bridgehead atoms. The Morgan fingerprint density at radius 3 is 2.59 bits per heavy atom. The van der Waals surface area contributed by atoms with Gasteiger partial charge in [0.15, 0.2) is 9.84 Å². The molecule has 2 saturated heterocycles. The zero-order valence-corrected chi connectivity index (χ0v) is 16.0. The third-order valence-electron chi connectivity index (χ3n) is 3.56. The van der Waals surface area contributed by atoms with E-state index in [-0.39, 0.29) is 23.5 Å². The summed E-state index contributed by atoms with van der Waals surface area (Å²) in [4.78, 5) is 14.6. The lowest BCUT2D eigenvalue weighted by molar-refractivity contribution is -0.123. The molecule has 0 spiro atoms. The van der Waals surface area contributed by atoms with Gasteiger partial charge in [-0.15, -0.1) is 0 Å². The van der Waals surface area contributed by atoms with E-state index < -0.39 is 9.84 Å². The summed E-state index contributed by atoms with van der Waals surface area (Å²) in [5.41, 5.74) is 0.931. The van der Waals surface area contributed by atoms with Crippen LogP contribution in [0.25, 0.3) is 6.08 Å². The number of amides is 1. The Balaban J connectivity index is 1.84. The number of halogens is 1. The van der Waals surface area contributed by atoms with Gasteiger partial charge in [0.2, 0.25) is 0 Å². The summed E-state index contributed by atoms with van der Waals surface area (Å²) in [6, 6.07) is 7.50. The van der Waals surface area contributed by atoms with E-state index in [1.807, 2.05) is 24.3 Å². The van der Waals surface area contributed by atoms with Crippen LogP contribution in [0.1, 0.15) is 12.0 Å². The summed E-state index contributed by atoms with van der Waals surface area (Å²) in [6.07, 6.45) is 2.27. The summed E-state index contributed by atoms with van der Waals surface area (Å²) in [7, 11) is -3.04. The van der Waals surface area contributed by atoms with Crippen molar-refractivity contribution in [3.63, 3.8) is 0 Å². The maximum Gasteiger partial charge on any atom is 0.266 e. The largest absolute Gasteiger partial charge is 0.289 e. The van der Waals surface area contributed by atoms with Gasteiger partial charge in [-0.05, 0) is 52.8 Å². The van der Waals surface area contributed by atoms with E-state index in [9.17, 15) is 13.2 Å². The fourth-order valence-corrected chi connectivity index (χ4v) is 5.94. The first kappa shape index (κ1) is 16.4. The molecule has 0 radical (unpaired) electrons. The summed E-state index contributed by atoms with van der Waals surface area (Å²) < 4.78 is 24.8. The maximum absolute atomic E-state index is 12.5. The van der Waals surface area contributed by atoms with Crippen molar-refractivity contribution in [1.29, 1.82) is 0 Å². The Morgan fingerprint density at radius 2 is 2.00 bits per heavy atom. The molecule has 116 valence electrons. The molecular weight excluding hydrogens is 453 g/mol. The molecule has 1 amide bonds. The zero-order chi connectivity index (χ0) is 15.9. The molecule has 1 atom stereocenters. The molecule has 0 aromatic heterocycles. The number of hydrogen-bond donors (Lipinski definition) is 0. The third-order valence-corrected chi connectivity index (χ3v) is 7.36. The highest BCUT2D eigenvalue weighted by Gasteiger charge is 2.41. The minimum Gasteiger partial charge on any atom is -0.289 e. The molecule has 0 N–H and O–H groups in total. The maximum atomic E-state index is 12.5. The van der Waals surface area contributed by atoms with Gasteiger partial charge >= 0.3 is 0 Å². The SMILES string of the molecule is O=C1/C(=C/c2ccc(I)cc2)SC(=S)N1[C@H]1CCS(=O)(=O)C1. The lowest BCUT2D eigenvalue weighted by atomic mass is 10.2. The summed E-state index contributed by atoms with van der Waals surface area (Å²) in [6.45, 7) is 0. The number of thioether (sulfide) groups is 1. The van der Waals surface area contributed by atoms with Crippen molar-refractivity contribution in [1.82, 2.24) is 4.90 Å². The molecule has 0 unspecified atom stereocenters. The van der Waals surface area contributed by atoms with Crippen molar-refractivity contribution in [3.8, 4) is 0 Å². The van der Waals surface area contributed by atoms with E-state index in [1.54, 1.807) is 6.08 Å². The van der Waals surface area contributed by atoms with Gasteiger partial charge in [0, 0.05) is 3.57 Å². The van der Waals surface area contributed by atoms with E-state index in [4.69, 9.17) is 12.2 Å². The molecule has 4 nitrogen and oxygen atoms in total. The second-order valence-electron chi connectivity index (χ2n) is 5.16. The Bertz CT molecular complexity index is 771. The molecule has 22 heavy (non-hydrogen) atoms. The van der Waals surface area contributed by atoms with Gasteiger partial charge in [-0.3, -0.25) is 9.69 Å². The molecule has 2 fully saturated rings. The van der Waals surface area contributed by atoms with Gasteiger partial charge in [-0.25, -0.2) is 8.42 Å². The van der Waals surface area contributed by atoms with Gasteiger partial charge in [-0.2, -0.15) is 0 Å². The molecule has 2 aliphatic heterocycles. The molecule has 2 aliphatic rings. The smallest absolute Gasteiger partial charge is 0.266 e. The number of thiocarbonyl (C=S) groups is 1. The van der Waals surface area contributed by atoms with Crippen LogP contribution in [0.5, 0.6) is 0 Å². The second kappa shape index (κ2) is 6.21. The summed E-state index contributed by atoms with van der Waals surface area (Å²) in [5, 5.41) is 0. The van der Waals surface area contributed by atoms with Crippen LogP contribution in [-0.2, 0) is 14.6 Å². The molecule has 0 saturated carbocycles. The van der Waals surface area contributed by atoms with Crippen LogP contribution in [-0.4, -0.2) is 41.1 Å². The number of benzene rings is 1. The summed E-state index contributed by atoms with van der Waals surface area (Å²) in [5.74, 6) is -0.0446. The second-order valence-corrected chi connectivity index (χ2v) is 10.3. The van der Waals surface area contributed by atoms with Gasteiger partial charge in [0.25, 0.3) is 5.91 Å². The van der Waals surface area contributed by atoms with Crippen molar-refractivity contribution >= 4 is 72.7 Å². The first-order valence-electron chi connectivity index (χ1n) is 6.59. The highest BCUT2D eigenvalue weighted by molar-refractivity contribution is 14.1. The fraction of sp³-hybridized carbons (Fsp3) is 0.286. The molecule has 1 aromatic rings. The van der Waals surface area contributed by atoms with Crippen molar-refractivity contribution < 1.29 is 13.2 Å². The number of rotatable bonds is 2. The quantitative estimate of drug-likeness (QED) is 0.382. The zero-order valence-electron chi connectivity index (χ0n) is 11.4. The number of carbonyl (C=O) groups excluding carboxylic acids is 1. The molecule has 3 rings (SSSR count). The molecule has 0 aliphatic carbocycles. The van der Waals surface area contributed by atoms with Crippen LogP contribution in [0.4, 0.5) is 0 Å². The highest BCUT2D eigenvalue weighted by atomic mass is 127. The Labute approximate surface area is 152 Å². The van der Waals surface area contributed by atoms with Crippen molar-refractivity contribution in [2.75, 3.05) is 11.5 Å². The van der Waals surface area contributed by atoms with E-state index in [0.29, 0.717) is 15.6 Å². The van der Waals surface area contributed by atoms with Crippen LogP contribution < -0.4 is 0 Å². The third kappa shape index (κ3) is 3.39. The minimum atomic E-state index is -3.04. The van der Waals surface area contributed by atoms with Crippen LogP contribution in [0.3, 0.4) is 0 Å². The molecule has 8 heteroatoms. The average molecular weight is 465 g/mol. The van der Waals surface area contributed by atoms with Gasteiger partial charge < -0.3 is 0 Å². The van der Waals surface area contributed by atoms with E-state index in [0.717, 1.165) is 9.13 Å². The first-order chi connectivity index (χ1) is 10.4. The van der Waals surface area contributed by atoms with Gasteiger partial charge in [0.05, 0.1) is 22.5 Å². The topological polar surface area (TPSA) is 54.5 Å². The van der Waals surface area contributed by atoms with Crippen LogP contribution in [0.2, 0.25) is 0 Å². The fourth-order valence-electron chi connectivity index (χ4n) is 2.48. The standard InChI is InChI=1S/C14H12INO3S3/c15-10-3-1-9(2-4-10)7-12-13(17)16(14(20)21-12)11-5-6-22(18,19)8-11/h1-4,7,11H,5-6,8H2/b12-7-/t11-/m0/s1. The highest BCUT2D eigenvalue weighted by Crippen LogP contribution is 2.36. The number of hydrogen-bond acceptors (Lipinski definition) is 5. The minimum absolute atomic E-state index is 0.0102. The number of sulfone groups is 1. The van der Waals surface area contributed by atoms with Crippen molar-refractivity contribution in [2.24, 2.45) is 0 Å².